The number of benzene rings is 1. The van der Waals surface area contributed by atoms with Gasteiger partial charge in [-0.15, -0.1) is 13.2 Å². The summed E-state index contributed by atoms with van der Waals surface area (Å²) in [7, 11) is 0. The van der Waals surface area contributed by atoms with Crippen molar-refractivity contribution in [2.75, 3.05) is 5.32 Å². The van der Waals surface area contributed by atoms with Gasteiger partial charge in [-0.05, 0) is 51.8 Å². The van der Waals surface area contributed by atoms with Crippen LogP contribution in [0.3, 0.4) is 0 Å². The fourth-order valence-electron chi connectivity index (χ4n) is 1.52. The molecule has 1 aromatic carbocycles. The van der Waals surface area contributed by atoms with Gasteiger partial charge in [0.1, 0.15) is 5.75 Å². The van der Waals surface area contributed by atoms with Gasteiger partial charge in [0, 0.05) is 24.6 Å². The summed E-state index contributed by atoms with van der Waals surface area (Å²) < 4.78 is 40.5. The lowest BCUT2D eigenvalue weighted by Crippen LogP contribution is -2.17. The van der Waals surface area contributed by atoms with E-state index in [0.29, 0.717) is 12.2 Å². The molecule has 106 valence electrons. The zero-order valence-electron chi connectivity index (χ0n) is 10.1. The second-order valence-electron chi connectivity index (χ2n) is 3.90. The summed E-state index contributed by atoms with van der Waals surface area (Å²) in [6.45, 7) is 0.550. The Kier molecular flexibility index (Phi) is 4.49. The van der Waals surface area contributed by atoms with Gasteiger partial charge in [0.25, 0.3) is 0 Å². The first-order chi connectivity index (χ1) is 9.44. The molecule has 0 aliphatic rings. The Morgan fingerprint density at radius 3 is 2.45 bits per heavy atom. The van der Waals surface area contributed by atoms with Gasteiger partial charge in [0.05, 0.1) is 4.47 Å². The molecule has 20 heavy (non-hydrogen) atoms. The molecule has 3 nitrogen and oxygen atoms in total. The topological polar surface area (TPSA) is 34.1 Å². The predicted molar refractivity (Wildman–Crippen MR) is 72.4 cm³/mol. The monoisotopic (exact) mass is 346 g/mol. The number of rotatable bonds is 4. The highest BCUT2D eigenvalue weighted by molar-refractivity contribution is 9.10. The number of pyridine rings is 1. The van der Waals surface area contributed by atoms with Crippen molar-refractivity contribution in [1.82, 2.24) is 4.98 Å². The Hall–Kier alpha value is -1.76. The predicted octanol–water partition coefficient (Wildman–Crippen LogP) is 4.35. The third-order valence-electron chi connectivity index (χ3n) is 2.40. The standard InChI is InChI=1S/C13H10BrF3N2O/c14-11-7-10(1-2-12(11)20-13(15,16)17)19-8-9-3-5-18-6-4-9/h1-7,19H,8H2. The lowest BCUT2D eigenvalue weighted by molar-refractivity contribution is -0.274. The third kappa shape index (κ3) is 4.41. The molecule has 0 bridgehead atoms. The maximum absolute atomic E-state index is 12.1. The number of halogens is 4. The van der Waals surface area contributed by atoms with E-state index in [1.807, 2.05) is 12.1 Å². The van der Waals surface area contributed by atoms with Crippen LogP contribution in [0.15, 0.2) is 47.2 Å². The van der Waals surface area contributed by atoms with Crippen LogP contribution in [0, 0.1) is 0 Å². The number of ether oxygens (including phenoxy) is 1. The van der Waals surface area contributed by atoms with Gasteiger partial charge < -0.3 is 10.1 Å². The molecule has 1 heterocycles. The summed E-state index contributed by atoms with van der Waals surface area (Å²) in [5.74, 6) is -0.271. The Bertz CT molecular complexity index is 576. The van der Waals surface area contributed by atoms with Crippen LogP contribution in [0.25, 0.3) is 0 Å². The van der Waals surface area contributed by atoms with E-state index in [-0.39, 0.29) is 10.2 Å². The molecule has 1 aromatic heterocycles. The number of nitrogens with zero attached hydrogens (tertiary/aromatic N) is 1. The zero-order chi connectivity index (χ0) is 14.6. The molecule has 0 aliphatic heterocycles. The Balaban J connectivity index is 2.02. The second kappa shape index (κ2) is 6.13. The number of hydrogen-bond donors (Lipinski definition) is 1. The van der Waals surface area contributed by atoms with Crippen LogP contribution < -0.4 is 10.1 Å². The molecule has 0 unspecified atom stereocenters. The van der Waals surface area contributed by atoms with Gasteiger partial charge in [-0.3, -0.25) is 4.98 Å². The molecule has 0 aliphatic carbocycles. The summed E-state index contributed by atoms with van der Waals surface area (Å²) in [6, 6.07) is 8.01. The smallest absolute Gasteiger partial charge is 0.405 e. The van der Waals surface area contributed by atoms with Gasteiger partial charge in [-0.1, -0.05) is 0 Å². The lowest BCUT2D eigenvalue weighted by Gasteiger charge is -2.12. The Labute approximate surface area is 121 Å². The zero-order valence-corrected chi connectivity index (χ0v) is 11.7. The van der Waals surface area contributed by atoms with Gasteiger partial charge in [-0.25, -0.2) is 0 Å². The molecular weight excluding hydrogens is 337 g/mol. The number of alkyl halides is 3. The highest BCUT2D eigenvalue weighted by Gasteiger charge is 2.31. The number of hydrogen-bond acceptors (Lipinski definition) is 3. The summed E-state index contributed by atoms with van der Waals surface area (Å²) in [6.07, 6.45) is -1.35. The van der Waals surface area contributed by atoms with E-state index in [1.54, 1.807) is 12.4 Å². The minimum atomic E-state index is -4.70. The average molecular weight is 347 g/mol. The molecule has 0 amide bonds. The van der Waals surface area contributed by atoms with Crippen LogP contribution in [-0.2, 0) is 6.54 Å². The summed E-state index contributed by atoms with van der Waals surface area (Å²) in [5.41, 5.74) is 1.70. The van der Waals surface area contributed by atoms with Gasteiger partial charge in [0.2, 0.25) is 0 Å². The molecule has 0 saturated heterocycles. The number of aromatic nitrogens is 1. The molecule has 0 fully saturated rings. The first-order valence-electron chi connectivity index (χ1n) is 5.62. The van der Waals surface area contributed by atoms with Crippen LogP contribution in [-0.4, -0.2) is 11.3 Å². The number of anilines is 1. The fourth-order valence-corrected chi connectivity index (χ4v) is 1.98. The molecule has 0 saturated carbocycles. The highest BCUT2D eigenvalue weighted by Crippen LogP contribution is 2.32. The van der Waals surface area contributed by atoms with Gasteiger partial charge in [-0.2, -0.15) is 0 Å². The van der Waals surface area contributed by atoms with E-state index in [0.717, 1.165) is 5.56 Å². The molecular formula is C13H10BrF3N2O. The molecule has 2 aromatic rings. The van der Waals surface area contributed by atoms with E-state index in [2.05, 4.69) is 31.0 Å². The van der Waals surface area contributed by atoms with Crippen molar-refractivity contribution in [3.8, 4) is 5.75 Å². The van der Waals surface area contributed by atoms with E-state index in [9.17, 15) is 13.2 Å². The van der Waals surface area contributed by atoms with Crippen molar-refractivity contribution < 1.29 is 17.9 Å². The van der Waals surface area contributed by atoms with E-state index < -0.39 is 6.36 Å². The molecule has 0 atom stereocenters. The number of nitrogens with one attached hydrogen (secondary N) is 1. The van der Waals surface area contributed by atoms with Crippen LogP contribution in [0.5, 0.6) is 5.75 Å². The highest BCUT2D eigenvalue weighted by atomic mass is 79.9. The molecule has 2 rings (SSSR count). The first-order valence-corrected chi connectivity index (χ1v) is 6.41. The maximum Gasteiger partial charge on any atom is 0.573 e. The van der Waals surface area contributed by atoms with E-state index in [4.69, 9.17) is 0 Å². The van der Waals surface area contributed by atoms with Crippen LogP contribution in [0.2, 0.25) is 0 Å². The minimum absolute atomic E-state index is 0.231. The third-order valence-corrected chi connectivity index (χ3v) is 3.02. The average Bonchev–Trinajstić information content (AvgIpc) is 2.39. The largest absolute Gasteiger partial charge is 0.573 e. The molecule has 0 spiro atoms. The minimum Gasteiger partial charge on any atom is -0.405 e. The van der Waals surface area contributed by atoms with E-state index in [1.165, 1.54) is 18.2 Å². The van der Waals surface area contributed by atoms with Crippen molar-refractivity contribution in [3.63, 3.8) is 0 Å². The summed E-state index contributed by atoms with van der Waals surface area (Å²) in [5, 5.41) is 3.10. The van der Waals surface area contributed by atoms with Crippen LogP contribution in [0.1, 0.15) is 5.56 Å². The SMILES string of the molecule is FC(F)(F)Oc1ccc(NCc2ccncc2)cc1Br. The summed E-state index contributed by atoms with van der Waals surface area (Å²) in [4.78, 5) is 3.90. The quantitative estimate of drug-likeness (QED) is 0.893. The Morgan fingerprint density at radius 2 is 1.85 bits per heavy atom. The second-order valence-corrected chi connectivity index (χ2v) is 4.76. The first kappa shape index (κ1) is 14.6. The molecule has 0 radical (unpaired) electrons. The van der Waals surface area contributed by atoms with Gasteiger partial charge >= 0.3 is 6.36 Å². The van der Waals surface area contributed by atoms with Crippen molar-refractivity contribution in [3.05, 3.63) is 52.8 Å². The maximum atomic E-state index is 12.1. The normalized spacial score (nSPS) is 11.2. The molecule has 1 N–H and O–H groups in total. The van der Waals surface area contributed by atoms with Crippen molar-refractivity contribution in [2.45, 2.75) is 12.9 Å². The van der Waals surface area contributed by atoms with Crippen molar-refractivity contribution in [1.29, 1.82) is 0 Å². The lowest BCUT2D eigenvalue weighted by atomic mass is 10.2. The summed E-state index contributed by atoms with van der Waals surface area (Å²) >= 11 is 3.05. The van der Waals surface area contributed by atoms with E-state index >= 15 is 0 Å². The fraction of sp³-hybridized carbons (Fsp3) is 0.154. The van der Waals surface area contributed by atoms with Crippen molar-refractivity contribution >= 4 is 21.6 Å². The van der Waals surface area contributed by atoms with Crippen LogP contribution in [0.4, 0.5) is 18.9 Å². The van der Waals surface area contributed by atoms with Gasteiger partial charge in [0.15, 0.2) is 0 Å². The van der Waals surface area contributed by atoms with Crippen LogP contribution >= 0.6 is 15.9 Å². The Morgan fingerprint density at radius 1 is 1.15 bits per heavy atom. The van der Waals surface area contributed by atoms with Crippen molar-refractivity contribution in [2.24, 2.45) is 0 Å². The molecule has 7 heteroatoms.